The van der Waals surface area contributed by atoms with Crippen LogP contribution in [0.4, 0.5) is 4.79 Å². The van der Waals surface area contributed by atoms with Crippen molar-refractivity contribution in [3.8, 4) is 0 Å². The number of rotatable bonds is 2. The molecule has 1 aliphatic rings. The van der Waals surface area contributed by atoms with E-state index in [9.17, 15) is 9.59 Å². The molecule has 17 heavy (non-hydrogen) atoms. The van der Waals surface area contributed by atoms with Gasteiger partial charge in [0.05, 0.1) is 0 Å². The summed E-state index contributed by atoms with van der Waals surface area (Å²) in [5, 5.41) is 9.26. The first-order chi connectivity index (χ1) is 7.74. The molecule has 0 aromatic carbocycles. The minimum Gasteiger partial charge on any atom is -0.480 e. The van der Waals surface area contributed by atoms with E-state index in [0.717, 1.165) is 0 Å². The number of carboxylic acids is 1. The number of carbonyl (C=O) groups is 2. The molecule has 0 unspecified atom stereocenters. The molecule has 0 aliphatic carbocycles. The van der Waals surface area contributed by atoms with Gasteiger partial charge in [-0.3, -0.25) is 4.90 Å². The van der Waals surface area contributed by atoms with Crippen LogP contribution in [0, 0.1) is 0 Å². The highest BCUT2D eigenvalue weighted by molar-refractivity contribution is 7.99. The van der Waals surface area contributed by atoms with E-state index < -0.39 is 23.7 Å². The van der Waals surface area contributed by atoms with E-state index in [1.807, 2.05) is 6.26 Å². The molecule has 1 fully saturated rings. The number of hydrogen-bond donors (Lipinski definition) is 1. The smallest absolute Gasteiger partial charge is 0.411 e. The van der Waals surface area contributed by atoms with E-state index in [1.165, 1.54) is 4.90 Å². The molecule has 0 bridgehead atoms. The van der Waals surface area contributed by atoms with Gasteiger partial charge in [0.25, 0.3) is 0 Å². The zero-order valence-electron chi connectivity index (χ0n) is 10.6. The predicted octanol–water partition coefficient (Wildman–Crippen LogP) is 1.81. The summed E-state index contributed by atoms with van der Waals surface area (Å²) in [7, 11) is 0. The van der Waals surface area contributed by atoms with Gasteiger partial charge in [-0.15, -0.1) is 0 Å². The molecule has 2 atom stereocenters. The van der Waals surface area contributed by atoms with Crippen LogP contribution < -0.4 is 0 Å². The monoisotopic (exact) mass is 261 g/mol. The molecule has 0 saturated carbocycles. The van der Waals surface area contributed by atoms with Crippen LogP contribution in [-0.2, 0) is 9.53 Å². The van der Waals surface area contributed by atoms with Crippen LogP contribution in [-0.4, -0.2) is 51.8 Å². The second-order valence-electron chi connectivity index (χ2n) is 5.08. The fourth-order valence-corrected chi connectivity index (χ4v) is 2.41. The lowest BCUT2D eigenvalue weighted by Gasteiger charge is -2.26. The fraction of sp³-hybridized carbons (Fsp3) is 0.818. The van der Waals surface area contributed by atoms with Gasteiger partial charge in [0, 0.05) is 11.8 Å². The highest BCUT2D eigenvalue weighted by atomic mass is 32.2. The predicted molar refractivity (Wildman–Crippen MR) is 66.3 cm³/mol. The number of hydrogen-bond acceptors (Lipinski definition) is 4. The van der Waals surface area contributed by atoms with Crippen molar-refractivity contribution in [1.29, 1.82) is 0 Å². The summed E-state index contributed by atoms with van der Waals surface area (Å²) in [5.74, 6) is -0.965. The normalized spacial score (nSPS) is 24.8. The molecule has 6 heteroatoms. The lowest BCUT2D eigenvalue weighted by atomic mass is 10.2. The van der Waals surface area contributed by atoms with E-state index in [2.05, 4.69) is 0 Å². The van der Waals surface area contributed by atoms with Crippen molar-refractivity contribution in [3.05, 3.63) is 0 Å². The van der Waals surface area contributed by atoms with Crippen molar-refractivity contribution >= 4 is 23.8 Å². The van der Waals surface area contributed by atoms with Gasteiger partial charge >= 0.3 is 12.1 Å². The van der Waals surface area contributed by atoms with Crippen molar-refractivity contribution in [2.75, 3.05) is 12.8 Å². The molecule has 98 valence electrons. The number of carboxylic acid groups (broad SMARTS) is 1. The Balaban J connectivity index is 2.73. The fourth-order valence-electron chi connectivity index (χ4n) is 1.72. The minimum atomic E-state index is -0.965. The summed E-state index contributed by atoms with van der Waals surface area (Å²) in [6.07, 6.45) is 1.86. The van der Waals surface area contributed by atoms with Crippen LogP contribution in [0.3, 0.4) is 0 Å². The first kappa shape index (κ1) is 14.2. The Morgan fingerprint density at radius 1 is 1.41 bits per heavy atom. The third-order valence-electron chi connectivity index (χ3n) is 2.51. The number of amides is 1. The summed E-state index contributed by atoms with van der Waals surface area (Å²) in [6, 6.07) is -0.762. The van der Waals surface area contributed by atoms with Crippen LogP contribution >= 0.6 is 11.8 Å². The van der Waals surface area contributed by atoms with E-state index in [1.54, 1.807) is 32.5 Å². The maximum Gasteiger partial charge on any atom is 0.411 e. The number of likely N-dealkylation sites (tertiary alicyclic amines) is 1. The maximum atomic E-state index is 11.9. The molecule has 1 saturated heterocycles. The Morgan fingerprint density at radius 2 is 2.00 bits per heavy atom. The molecular weight excluding hydrogens is 242 g/mol. The first-order valence-electron chi connectivity index (χ1n) is 5.50. The molecular formula is C11H19NO4S. The molecule has 1 amide bonds. The highest BCUT2D eigenvalue weighted by Gasteiger charge is 2.41. The van der Waals surface area contributed by atoms with Gasteiger partial charge in [-0.1, -0.05) is 0 Å². The summed E-state index contributed by atoms with van der Waals surface area (Å²) in [6.45, 7) is 5.74. The summed E-state index contributed by atoms with van der Waals surface area (Å²) in [5.41, 5.74) is -0.600. The van der Waals surface area contributed by atoms with Crippen LogP contribution in [0.2, 0.25) is 0 Å². The molecule has 0 aromatic heterocycles. The molecule has 1 aliphatic heterocycles. The van der Waals surface area contributed by atoms with Gasteiger partial charge < -0.3 is 9.84 Å². The van der Waals surface area contributed by atoms with Gasteiger partial charge in [0.2, 0.25) is 0 Å². The first-order valence-corrected chi connectivity index (χ1v) is 6.78. The number of ether oxygens (including phenoxy) is 1. The molecule has 1 heterocycles. The Labute approximate surface area is 105 Å². The molecule has 0 radical (unpaired) electrons. The SMILES string of the molecule is CS[C@H]1C[C@H](C(=O)O)N(C(=O)OC(C)(C)C)C1. The molecule has 0 aromatic rings. The Morgan fingerprint density at radius 3 is 2.41 bits per heavy atom. The number of thioether (sulfide) groups is 1. The second-order valence-corrected chi connectivity index (χ2v) is 6.22. The molecule has 1 rings (SSSR count). The van der Waals surface area contributed by atoms with Crippen molar-refractivity contribution in [1.82, 2.24) is 4.90 Å². The zero-order chi connectivity index (χ0) is 13.2. The average Bonchev–Trinajstić information content (AvgIpc) is 2.58. The highest BCUT2D eigenvalue weighted by Crippen LogP contribution is 2.27. The van der Waals surface area contributed by atoms with E-state index in [4.69, 9.17) is 9.84 Å². The third kappa shape index (κ3) is 3.80. The van der Waals surface area contributed by atoms with E-state index in [0.29, 0.717) is 13.0 Å². The minimum absolute atomic E-state index is 0.170. The van der Waals surface area contributed by atoms with Gasteiger partial charge in [0.15, 0.2) is 0 Å². The lowest BCUT2D eigenvalue weighted by Crippen LogP contribution is -2.43. The van der Waals surface area contributed by atoms with Gasteiger partial charge in [-0.05, 0) is 33.4 Å². The molecule has 5 nitrogen and oxygen atoms in total. The standard InChI is InChI=1S/C11H19NO4S/c1-11(2,3)16-10(15)12-6-7(17-4)5-8(12)9(13)14/h7-8H,5-6H2,1-4H3,(H,13,14)/t7-,8+/m0/s1. The van der Waals surface area contributed by atoms with Crippen molar-refractivity contribution in [2.24, 2.45) is 0 Å². The number of aliphatic carboxylic acids is 1. The van der Waals surface area contributed by atoms with Crippen LogP contribution in [0.5, 0.6) is 0 Å². The van der Waals surface area contributed by atoms with Crippen molar-refractivity contribution in [3.63, 3.8) is 0 Å². The summed E-state index contributed by atoms with van der Waals surface area (Å²) >= 11 is 1.58. The summed E-state index contributed by atoms with van der Waals surface area (Å²) in [4.78, 5) is 24.3. The molecule has 0 spiro atoms. The van der Waals surface area contributed by atoms with Crippen LogP contribution in [0.15, 0.2) is 0 Å². The average molecular weight is 261 g/mol. The van der Waals surface area contributed by atoms with E-state index in [-0.39, 0.29) is 5.25 Å². The quantitative estimate of drug-likeness (QED) is 0.821. The maximum absolute atomic E-state index is 11.9. The Kier molecular flexibility index (Phi) is 4.30. The lowest BCUT2D eigenvalue weighted by molar-refractivity contribution is -0.142. The van der Waals surface area contributed by atoms with Crippen molar-refractivity contribution in [2.45, 2.75) is 44.1 Å². The van der Waals surface area contributed by atoms with Gasteiger partial charge in [-0.25, -0.2) is 9.59 Å². The van der Waals surface area contributed by atoms with Crippen LogP contribution in [0.25, 0.3) is 0 Å². The zero-order valence-corrected chi connectivity index (χ0v) is 11.4. The Hall–Kier alpha value is -0.910. The third-order valence-corrected chi connectivity index (χ3v) is 3.52. The topological polar surface area (TPSA) is 66.8 Å². The second kappa shape index (κ2) is 5.16. The van der Waals surface area contributed by atoms with E-state index >= 15 is 0 Å². The van der Waals surface area contributed by atoms with Gasteiger partial charge in [-0.2, -0.15) is 11.8 Å². The van der Waals surface area contributed by atoms with Crippen molar-refractivity contribution < 1.29 is 19.4 Å². The largest absolute Gasteiger partial charge is 0.480 e. The van der Waals surface area contributed by atoms with Crippen LogP contribution in [0.1, 0.15) is 27.2 Å². The Bertz CT molecular complexity index is 313. The number of carbonyl (C=O) groups excluding carboxylic acids is 1. The molecule has 1 N–H and O–H groups in total. The summed E-state index contributed by atoms with van der Waals surface area (Å²) < 4.78 is 5.21. The number of nitrogens with zero attached hydrogens (tertiary/aromatic N) is 1. The van der Waals surface area contributed by atoms with Gasteiger partial charge in [0.1, 0.15) is 11.6 Å².